The van der Waals surface area contributed by atoms with Gasteiger partial charge in [0, 0.05) is 11.7 Å². The van der Waals surface area contributed by atoms with Gasteiger partial charge in [0.1, 0.15) is 5.75 Å². The van der Waals surface area contributed by atoms with Crippen LogP contribution in [0.25, 0.3) is 0 Å². The molecule has 26 heavy (non-hydrogen) atoms. The number of benzene rings is 2. The maximum Gasteiger partial charge on any atom is 0.313 e. The molecule has 0 saturated carbocycles. The van der Waals surface area contributed by atoms with Gasteiger partial charge in [-0.1, -0.05) is 30.3 Å². The van der Waals surface area contributed by atoms with Crippen LogP contribution in [0.3, 0.4) is 0 Å². The van der Waals surface area contributed by atoms with Crippen LogP contribution in [-0.2, 0) is 20.7 Å². The van der Waals surface area contributed by atoms with Crippen LogP contribution in [0.2, 0.25) is 0 Å². The predicted molar refractivity (Wildman–Crippen MR) is 99.5 cm³/mol. The Balaban J connectivity index is 1.88. The first-order valence-electron chi connectivity index (χ1n) is 8.67. The van der Waals surface area contributed by atoms with Gasteiger partial charge in [-0.2, -0.15) is 0 Å². The Hall–Kier alpha value is -2.82. The fraction of sp³-hybridized carbons (Fsp3) is 0.333. The summed E-state index contributed by atoms with van der Waals surface area (Å²) in [6.45, 7) is 1.97. The summed E-state index contributed by atoms with van der Waals surface area (Å²) in [6, 6.07) is 15.0. The molecule has 2 unspecified atom stereocenters. The summed E-state index contributed by atoms with van der Waals surface area (Å²) in [4.78, 5) is 27.0. The number of nitrogens with zero attached hydrogens (tertiary/aromatic N) is 1. The van der Waals surface area contributed by atoms with Crippen LogP contribution < -0.4 is 9.64 Å². The van der Waals surface area contributed by atoms with Crippen molar-refractivity contribution < 1.29 is 19.1 Å². The number of hydrogen-bond acceptors (Lipinski definition) is 4. The molecule has 1 amide bonds. The van der Waals surface area contributed by atoms with Crippen molar-refractivity contribution in [2.45, 2.75) is 31.7 Å². The number of anilines is 1. The van der Waals surface area contributed by atoms with Crippen molar-refractivity contribution in [1.82, 2.24) is 0 Å². The molecule has 0 saturated heterocycles. The van der Waals surface area contributed by atoms with Gasteiger partial charge >= 0.3 is 5.97 Å². The van der Waals surface area contributed by atoms with Gasteiger partial charge in [0.15, 0.2) is 0 Å². The molecule has 0 N–H and O–H groups in total. The molecule has 1 aliphatic heterocycles. The molecule has 1 aliphatic rings. The van der Waals surface area contributed by atoms with Crippen LogP contribution in [0.1, 0.15) is 30.4 Å². The van der Waals surface area contributed by atoms with Gasteiger partial charge < -0.3 is 14.4 Å². The second-order valence-electron chi connectivity index (χ2n) is 6.51. The third-order valence-electron chi connectivity index (χ3n) is 4.86. The van der Waals surface area contributed by atoms with E-state index in [0.29, 0.717) is 12.8 Å². The molecule has 136 valence electrons. The lowest BCUT2D eigenvalue weighted by Gasteiger charge is -2.38. The Kier molecular flexibility index (Phi) is 5.26. The molecule has 2 atom stereocenters. The second-order valence-corrected chi connectivity index (χ2v) is 6.51. The maximum atomic E-state index is 13.0. The number of carbonyl (C=O) groups excluding carboxylic acids is 2. The minimum Gasteiger partial charge on any atom is -0.497 e. The molecule has 0 aromatic heterocycles. The van der Waals surface area contributed by atoms with E-state index in [1.54, 1.807) is 12.0 Å². The van der Waals surface area contributed by atoms with E-state index in [9.17, 15) is 9.59 Å². The largest absolute Gasteiger partial charge is 0.497 e. The van der Waals surface area contributed by atoms with E-state index < -0.39 is 0 Å². The average Bonchev–Trinajstić information content (AvgIpc) is 2.67. The van der Waals surface area contributed by atoms with E-state index in [1.165, 1.54) is 7.11 Å². The summed E-state index contributed by atoms with van der Waals surface area (Å²) >= 11 is 0. The van der Waals surface area contributed by atoms with E-state index >= 15 is 0 Å². The Morgan fingerprint density at radius 3 is 2.42 bits per heavy atom. The molecule has 0 radical (unpaired) electrons. The van der Waals surface area contributed by atoms with Crippen molar-refractivity contribution in [3.63, 3.8) is 0 Å². The zero-order chi connectivity index (χ0) is 18.7. The highest BCUT2D eigenvalue weighted by atomic mass is 16.5. The Morgan fingerprint density at radius 1 is 1.08 bits per heavy atom. The van der Waals surface area contributed by atoms with Crippen LogP contribution >= 0.6 is 0 Å². The normalized spacial score (nSPS) is 18.8. The molecule has 0 aliphatic carbocycles. The number of methoxy groups -OCH3 is 2. The molecule has 0 spiro atoms. The molecule has 1 heterocycles. The smallest absolute Gasteiger partial charge is 0.313 e. The number of hydrogen-bond donors (Lipinski definition) is 0. The van der Waals surface area contributed by atoms with Crippen LogP contribution in [0.5, 0.6) is 5.75 Å². The van der Waals surface area contributed by atoms with E-state index in [-0.39, 0.29) is 23.8 Å². The van der Waals surface area contributed by atoms with Crippen molar-refractivity contribution in [2.24, 2.45) is 0 Å². The first kappa shape index (κ1) is 18.0. The summed E-state index contributed by atoms with van der Waals surface area (Å²) < 4.78 is 10.1. The molecule has 2 aromatic carbocycles. The lowest BCUT2D eigenvalue weighted by Crippen LogP contribution is -2.45. The summed E-state index contributed by atoms with van der Waals surface area (Å²) in [5, 5.41) is 0. The summed E-state index contributed by atoms with van der Waals surface area (Å²) in [7, 11) is 3.01. The monoisotopic (exact) mass is 353 g/mol. The zero-order valence-corrected chi connectivity index (χ0v) is 15.3. The number of para-hydroxylation sites is 1. The highest BCUT2D eigenvalue weighted by Crippen LogP contribution is 2.39. The van der Waals surface area contributed by atoms with Gasteiger partial charge in [-0.15, -0.1) is 0 Å². The minimum atomic E-state index is -0.337. The summed E-state index contributed by atoms with van der Waals surface area (Å²) in [5.74, 6) is 0.181. The van der Waals surface area contributed by atoms with Gasteiger partial charge in [0.2, 0.25) is 5.91 Å². The fourth-order valence-electron chi connectivity index (χ4n) is 3.56. The van der Waals surface area contributed by atoms with Crippen molar-refractivity contribution >= 4 is 17.6 Å². The standard InChI is InChI=1S/C21H23NO4/c1-14-12-18(21(24)26-3)17-6-4-5-7-19(17)22(14)20(23)13-15-8-10-16(25-2)11-9-15/h4-11,14,18H,12-13H2,1-3H3. The van der Waals surface area contributed by atoms with Crippen LogP contribution in [0.4, 0.5) is 5.69 Å². The number of fused-ring (bicyclic) bond motifs is 1. The molecule has 5 nitrogen and oxygen atoms in total. The Bertz CT molecular complexity index is 800. The average molecular weight is 353 g/mol. The number of carbonyl (C=O) groups is 2. The van der Waals surface area contributed by atoms with Gasteiger partial charge in [0.05, 0.1) is 26.6 Å². The van der Waals surface area contributed by atoms with Crippen molar-refractivity contribution in [3.8, 4) is 5.75 Å². The first-order valence-corrected chi connectivity index (χ1v) is 8.67. The number of amides is 1. The van der Waals surface area contributed by atoms with Crippen molar-refractivity contribution in [1.29, 1.82) is 0 Å². The summed E-state index contributed by atoms with van der Waals surface area (Å²) in [6.07, 6.45) is 0.851. The molecule has 3 rings (SSSR count). The van der Waals surface area contributed by atoms with Crippen molar-refractivity contribution in [2.75, 3.05) is 19.1 Å². The second kappa shape index (κ2) is 7.60. The van der Waals surface area contributed by atoms with E-state index in [0.717, 1.165) is 22.6 Å². The maximum absolute atomic E-state index is 13.0. The topological polar surface area (TPSA) is 55.8 Å². The fourth-order valence-corrected chi connectivity index (χ4v) is 3.56. The van der Waals surface area contributed by atoms with E-state index in [1.807, 2.05) is 55.5 Å². The zero-order valence-electron chi connectivity index (χ0n) is 15.3. The van der Waals surface area contributed by atoms with Gasteiger partial charge in [-0.25, -0.2) is 0 Å². The van der Waals surface area contributed by atoms with Gasteiger partial charge in [-0.05, 0) is 42.7 Å². The predicted octanol–water partition coefficient (Wildman–Crippen LogP) is 3.32. The van der Waals surface area contributed by atoms with Crippen LogP contribution in [0, 0.1) is 0 Å². The number of ether oxygens (including phenoxy) is 2. The Labute approximate surface area is 153 Å². The Morgan fingerprint density at radius 2 is 1.77 bits per heavy atom. The third kappa shape index (κ3) is 3.43. The van der Waals surface area contributed by atoms with Crippen molar-refractivity contribution in [3.05, 3.63) is 59.7 Å². The molecule has 0 bridgehead atoms. The highest BCUT2D eigenvalue weighted by molar-refractivity contribution is 5.98. The van der Waals surface area contributed by atoms with Crippen LogP contribution in [-0.4, -0.2) is 32.1 Å². The molecular formula is C21H23NO4. The first-order chi connectivity index (χ1) is 12.5. The van der Waals surface area contributed by atoms with E-state index in [2.05, 4.69) is 0 Å². The summed E-state index contributed by atoms with van der Waals surface area (Å²) in [5.41, 5.74) is 2.57. The highest BCUT2D eigenvalue weighted by Gasteiger charge is 2.37. The van der Waals surface area contributed by atoms with Crippen LogP contribution in [0.15, 0.2) is 48.5 Å². The van der Waals surface area contributed by atoms with E-state index in [4.69, 9.17) is 9.47 Å². The third-order valence-corrected chi connectivity index (χ3v) is 4.86. The molecule has 5 heteroatoms. The lowest BCUT2D eigenvalue weighted by molar-refractivity contribution is -0.143. The number of rotatable bonds is 4. The molecule has 0 fully saturated rings. The van der Waals surface area contributed by atoms with Gasteiger partial charge in [0.25, 0.3) is 0 Å². The van der Waals surface area contributed by atoms with Gasteiger partial charge in [-0.3, -0.25) is 9.59 Å². The lowest BCUT2D eigenvalue weighted by atomic mass is 9.85. The minimum absolute atomic E-state index is 0.0124. The SMILES string of the molecule is COC(=O)C1CC(C)N(C(=O)Cc2ccc(OC)cc2)c2ccccc21. The molecular weight excluding hydrogens is 330 g/mol. The molecule has 2 aromatic rings. The quantitative estimate of drug-likeness (QED) is 0.791. The number of esters is 1.